The van der Waals surface area contributed by atoms with E-state index in [9.17, 15) is 31.2 Å². The first-order chi connectivity index (χ1) is 28.1. The molecule has 59 heavy (non-hydrogen) atoms. The number of imidazole rings is 1. The number of carbonyl (C=O) groups excluding carboxylic acids is 3. The van der Waals surface area contributed by atoms with Crippen molar-refractivity contribution in [1.29, 1.82) is 0 Å². The third kappa shape index (κ3) is 7.44. The number of hydrogen-bond acceptors (Lipinski definition) is 12. The number of nitrogens with zero attached hydrogens (tertiary/aromatic N) is 7. The van der Waals surface area contributed by atoms with Crippen molar-refractivity contribution in [2.75, 3.05) is 11.9 Å². The molecule has 0 spiro atoms. The zero-order chi connectivity index (χ0) is 41.8. The van der Waals surface area contributed by atoms with E-state index >= 15 is 0 Å². The second-order valence-electron chi connectivity index (χ2n) is 15.5. The molecule has 0 amide bonds. The lowest BCUT2D eigenvalue weighted by molar-refractivity contribution is -0.124. The zero-order valence-electron chi connectivity index (χ0n) is 32.8. The van der Waals surface area contributed by atoms with Crippen molar-refractivity contribution in [2.24, 2.45) is 17.8 Å². The van der Waals surface area contributed by atoms with Crippen LogP contribution in [0.1, 0.15) is 62.3 Å². The third-order valence-corrected chi connectivity index (χ3v) is 14.6. The lowest BCUT2D eigenvalue weighted by Gasteiger charge is -2.14. The second kappa shape index (κ2) is 15.3. The van der Waals surface area contributed by atoms with Gasteiger partial charge in [0.05, 0.1) is 34.2 Å². The smallest absolute Gasteiger partial charge is 0.269 e. The van der Waals surface area contributed by atoms with Crippen LogP contribution in [0.3, 0.4) is 0 Å². The summed E-state index contributed by atoms with van der Waals surface area (Å²) in [6.07, 6.45) is 9.50. The summed E-state index contributed by atoms with van der Waals surface area (Å²) < 4.78 is 56.5. The van der Waals surface area contributed by atoms with E-state index in [2.05, 4.69) is 32.2 Å². The van der Waals surface area contributed by atoms with Gasteiger partial charge < -0.3 is 5.32 Å². The van der Waals surface area contributed by atoms with Gasteiger partial charge in [0.25, 0.3) is 20.0 Å². The van der Waals surface area contributed by atoms with Gasteiger partial charge in [-0.1, -0.05) is 49.2 Å². The highest BCUT2D eigenvalue weighted by molar-refractivity contribution is 7.90. The number of ketones is 3. The molecule has 9 rings (SSSR count). The van der Waals surface area contributed by atoms with Gasteiger partial charge in [-0.3, -0.25) is 18.8 Å². The molecule has 304 valence electrons. The molecule has 2 saturated carbocycles. The van der Waals surface area contributed by atoms with Crippen molar-refractivity contribution in [1.82, 2.24) is 32.3 Å². The zero-order valence-corrected chi connectivity index (χ0v) is 34.4. The van der Waals surface area contributed by atoms with Crippen LogP contribution in [0.2, 0.25) is 0 Å². The normalized spacial score (nSPS) is 19.7. The van der Waals surface area contributed by atoms with Gasteiger partial charge in [-0.05, 0) is 62.1 Å². The molecule has 0 radical (unpaired) electrons. The largest absolute Gasteiger partial charge is 0.362 e. The summed E-state index contributed by atoms with van der Waals surface area (Å²) in [7, 11) is -7.57. The molecular formula is C42H42N8O7S2. The number of rotatable bonds is 9. The molecule has 0 aliphatic heterocycles. The average Bonchev–Trinajstić information content (AvgIpc) is 4.04. The van der Waals surface area contributed by atoms with E-state index in [-0.39, 0.29) is 63.0 Å². The van der Waals surface area contributed by atoms with Gasteiger partial charge in [-0.2, -0.15) is 0 Å². The molecule has 7 aromatic rings. The lowest BCUT2D eigenvalue weighted by Crippen LogP contribution is -2.25. The molecule has 5 heterocycles. The predicted octanol–water partition coefficient (Wildman–Crippen LogP) is 5.88. The molecule has 1 N–H and O–H groups in total. The van der Waals surface area contributed by atoms with Gasteiger partial charge in [0.2, 0.25) is 0 Å². The molecular weight excluding hydrogens is 793 g/mol. The van der Waals surface area contributed by atoms with Crippen molar-refractivity contribution in [3.63, 3.8) is 0 Å². The third-order valence-electron chi connectivity index (χ3n) is 11.3. The maximum Gasteiger partial charge on any atom is 0.269 e. The van der Waals surface area contributed by atoms with Gasteiger partial charge in [0, 0.05) is 61.8 Å². The van der Waals surface area contributed by atoms with E-state index in [0.29, 0.717) is 53.8 Å². The number of fused-ring (bicyclic) bond motifs is 4. The van der Waals surface area contributed by atoms with Gasteiger partial charge in [-0.25, -0.2) is 44.7 Å². The summed E-state index contributed by atoms with van der Waals surface area (Å²) in [5.74, 6) is 0.807. The predicted molar refractivity (Wildman–Crippen MR) is 220 cm³/mol. The minimum absolute atomic E-state index is 0.0326. The number of aryl methyl sites for hydroxylation is 2. The molecule has 0 saturated heterocycles. The maximum absolute atomic E-state index is 13.2. The fraction of sp³-hybridized carbons (Fsp3) is 0.310. The van der Waals surface area contributed by atoms with Crippen molar-refractivity contribution < 1.29 is 31.2 Å². The molecule has 15 nitrogen and oxygen atoms in total. The van der Waals surface area contributed by atoms with Crippen LogP contribution in [0.4, 0.5) is 5.82 Å². The van der Waals surface area contributed by atoms with E-state index in [0.717, 1.165) is 20.8 Å². The Morgan fingerprint density at radius 3 is 1.86 bits per heavy atom. The standard InChI is InChI=1S/C21H22N4O4S.C21H20N4O3S/c1-13-3-5-16(6-4-13)30(28,29)25-8-7-18-21(25)23-12-20(24-18)22-11-19(27)17-10-15(26)9-14(17)2;1-13-3-5-16(6-4-13)29(27,28)24-8-7-18-21(24)23-12-20-22-11-19(25(18)20)17-10-15(26)9-14(17)2/h3-8,12,14,17H,9-11H2,1-2H3,(H,22,24);3-8,11-12,14,17H,9-10H2,1-2H3. The summed E-state index contributed by atoms with van der Waals surface area (Å²) >= 11 is 0. The summed E-state index contributed by atoms with van der Waals surface area (Å²) in [5.41, 5.74) is 5.14. The molecule has 2 fully saturated rings. The van der Waals surface area contributed by atoms with E-state index in [1.165, 1.54) is 22.6 Å². The fourth-order valence-corrected chi connectivity index (χ4v) is 10.6. The van der Waals surface area contributed by atoms with Gasteiger partial charge in [0.15, 0.2) is 22.7 Å². The number of Topliss-reactive ketones (excluding diaryl/α,β-unsaturated/α-hetero) is 3. The summed E-state index contributed by atoms with van der Waals surface area (Å²) in [5, 5.41) is 2.94. The van der Waals surface area contributed by atoms with Crippen molar-refractivity contribution in [3.05, 3.63) is 108 Å². The first-order valence-electron chi connectivity index (χ1n) is 19.2. The Morgan fingerprint density at radius 2 is 1.27 bits per heavy atom. The molecule has 5 aromatic heterocycles. The van der Waals surface area contributed by atoms with E-state index < -0.39 is 20.0 Å². The number of hydrogen-bond donors (Lipinski definition) is 1. The molecule has 0 bridgehead atoms. The Bertz CT molecular complexity index is 3010. The van der Waals surface area contributed by atoms with Crippen LogP contribution < -0.4 is 5.32 Å². The minimum Gasteiger partial charge on any atom is -0.362 e. The minimum atomic E-state index is -3.79. The highest BCUT2D eigenvalue weighted by Gasteiger charge is 2.35. The molecule has 2 aliphatic carbocycles. The maximum atomic E-state index is 13.2. The van der Waals surface area contributed by atoms with E-state index in [4.69, 9.17) is 0 Å². The first kappa shape index (κ1) is 39.7. The summed E-state index contributed by atoms with van der Waals surface area (Å²) in [6, 6.07) is 16.7. The topological polar surface area (TPSA) is 197 Å². The molecule has 4 atom stereocenters. The summed E-state index contributed by atoms with van der Waals surface area (Å²) in [6.45, 7) is 7.83. The van der Waals surface area contributed by atoms with Crippen LogP contribution in [-0.4, -0.2) is 73.0 Å². The Kier molecular flexibility index (Phi) is 10.3. The second-order valence-corrected chi connectivity index (χ2v) is 19.2. The Hall–Kier alpha value is -6.07. The fourth-order valence-electron chi connectivity index (χ4n) is 8.01. The van der Waals surface area contributed by atoms with Crippen LogP contribution >= 0.6 is 0 Å². The average molecular weight is 835 g/mol. The highest BCUT2D eigenvalue weighted by Crippen LogP contribution is 2.38. The monoisotopic (exact) mass is 834 g/mol. The Morgan fingerprint density at radius 1 is 0.695 bits per heavy atom. The van der Waals surface area contributed by atoms with Crippen LogP contribution in [0.5, 0.6) is 0 Å². The van der Waals surface area contributed by atoms with Crippen molar-refractivity contribution >= 4 is 71.2 Å². The summed E-state index contributed by atoms with van der Waals surface area (Å²) in [4.78, 5) is 53.7. The lowest BCUT2D eigenvalue weighted by atomic mass is 9.93. The van der Waals surface area contributed by atoms with Crippen LogP contribution in [0, 0.1) is 31.6 Å². The molecule has 17 heteroatoms. The SMILES string of the molecule is Cc1ccc(S(=O)(=O)n2ccc3c2ncc2ncc(C4CC(=O)CC4C)n23)cc1.Cc1ccc(S(=O)(=O)n2ccc3nc(NCC(=O)C4CC(=O)CC4C)cnc32)cc1. The van der Waals surface area contributed by atoms with Gasteiger partial charge >= 0.3 is 0 Å². The van der Waals surface area contributed by atoms with Crippen LogP contribution in [0.25, 0.3) is 28.0 Å². The molecule has 2 aliphatic rings. The Labute approximate surface area is 340 Å². The number of benzene rings is 2. The number of carbonyl (C=O) groups is 3. The van der Waals surface area contributed by atoms with E-state index in [1.54, 1.807) is 73.1 Å². The van der Waals surface area contributed by atoms with E-state index in [1.807, 2.05) is 25.2 Å². The first-order valence-corrected chi connectivity index (χ1v) is 22.1. The number of nitrogens with one attached hydrogen (secondary N) is 1. The van der Waals surface area contributed by atoms with Gasteiger partial charge in [-0.15, -0.1) is 0 Å². The Balaban J connectivity index is 0.000000164. The van der Waals surface area contributed by atoms with Crippen molar-refractivity contribution in [2.45, 2.75) is 69.1 Å². The number of anilines is 1. The van der Waals surface area contributed by atoms with Gasteiger partial charge in [0.1, 0.15) is 22.9 Å². The van der Waals surface area contributed by atoms with Crippen LogP contribution in [0.15, 0.2) is 101 Å². The molecule has 2 aromatic carbocycles. The van der Waals surface area contributed by atoms with Crippen molar-refractivity contribution in [3.8, 4) is 0 Å². The highest BCUT2D eigenvalue weighted by atomic mass is 32.2. The molecule has 4 unspecified atom stereocenters. The quantitative estimate of drug-likeness (QED) is 0.181. The number of aromatic nitrogens is 7. The van der Waals surface area contributed by atoms with Crippen LogP contribution in [-0.2, 0) is 34.4 Å².